The van der Waals surface area contributed by atoms with Gasteiger partial charge in [-0.2, -0.15) is 5.26 Å². The minimum absolute atomic E-state index is 0.563. The molecule has 0 bridgehead atoms. The van der Waals surface area contributed by atoms with Crippen LogP contribution in [0.3, 0.4) is 0 Å². The van der Waals surface area contributed by atoms with E-state index in [1.54, 1.807) is 24.4 Å². The first-order chi connectivity index (χ1) is 9.22. The molecule has 0 spiro atoms. The molecule has 1 aromatic carbocycles. The molecule has 2 N–H and O–H groups in total. The Balaban J connectivity index is 2.26. The summed E-state index contributed by atoms with van der Waals surface area (Å²) in [4.78, 5) is 4.19. The summed E-state index contributed by atoms with van der Waals surface area (Å²) in [6.07, 6.45) is 1.71. The Kier molecular flexibility index (Phi) is 4.22. The lowest BCUT2D eigenvalue weighted by atomic mass is 10.2. The number of nitriles is 1. The Labute approximate surface area is 117 Å². The summed E-state index contributed by atoms with van der Waals surface area (Å²) >= 11 is 6.10. The molecule has 0 amide bonds. The number of aromatic nitrogens is 1. The number of anilines is 3. The van der Waals surface area contributed by atoms with E-state index in [9.17, 15) is 0 Å². The van der Waals surface area contributed by atoms with Gasteiger partial charge < -0.3 is 10.6 Å². The molecule has 0 aliphatic heterocycles. The molecular weight excluding hydrogens is 260 g/mol. The first-order valence-corrected chi connectivity index (χ1v) is 6.27. The maximum absolute atomic E-state index is 8.89. The van der Waals surface area contributed by atoms with Crippen molar-refractivity contribution in [2.45, 2.75) is 6.92 Å². The van der Waals surface area contributed by atoms with Gasteiger partial charge in [0.2, 0.25) is 0 Å². The molecule has 19 heavy (non-hydrogen) atoms. The summed E-state index contributed by atoms with van der Waals surface area (Å²) in [7, 11) is 0. The van der Waals surface area contributed by atoms with Gasteiger partial charge in [-0.05, 0) is 31.2 Å². The van der Waals surface area contributed by atoms with Crippen molar-refractivity contribution >= 4 is 28.8 Å². The average molecular weight is 273 g/mol. The predicted molar refractivity (Wildman–Crippen MR) is 77.9 cm³/mol. The summed E-state index contributed by atoms with van der Waals surface area (Å²) < 4.78 is 0. The quantitative estimate of drug-likeness (QED) is 0.889. The summed E-state index contributed by atoms with van der Waals surface area (Å²) in [5.74, 6) is 0.792. The van der Waals surface area contributed by atoms with Crippen molar-refractivity contribution in [1.29, 1.82) is 5.26 Å². The van der Waals surface area contributed by atoms with E-state index in [-0.39, 0.29) is 0 Å². The molecular formula is C14H13ClN4. The number of hydrogen-bond acceptors (Lipinski definition) is 4. The number of pyridine rings is 1. The van der Waals surface area contributed by atoms with E-state index in [1.165, 1.54) is 0 Å². The average Bonchev–Trinajstić information content (AvgIpc) is 2.42. The van der Waals surface area contributed by atoms with Crippen molar-refractivity contribution in [2.75, 3.05) is 17.2 Å². The minimum atomic E-state index is 0.563. The molecule has 1 heterocycles. The van der Waals surface area contributed by atoms with Gasteiger partial charge in [0.1, 0.15) is 5.82 Å². The Morgan fingerprint density at radius 3 is 2.89 bits per heavy atom. The zero-order valence-electron chi connectivity index (χ0n) is 10.4. The Bertz CT molecular complexity index is 619. The molecule has 0 aliphatic rings. The van der Waals surface area contributed by atoms with Gasteiger partial charge in [0.05, 0.1) is 22.3 Å². The fourth-order valence-corrected chi connectivity index (χ4v) is 1.80. The van der Waals surface area contributed by atoms with E-state index < -0.39 is 0 Å². The van der Waals surface area contributed by atoms with Crippen LogP contribution in [0.15, 0.2) is 36.5 Å². The summed E-state index contributed by atoms with van der Waals surface area (Å²) in [5.41, 5.74) is 2.13. The van der Waals surface area contributed by atoms with Crippen molar-refractivity contribution in [1.82, 2.24) is 4.98 Å². The van der Waals surface area contributed by atoms with Crippen LogP contribution in [0.5, 0.6) is 0 Å². The second-order valence-corrected chi connectivity index (χ2v) is 4.30. The minimum Gasteiger partial charge on any atom is -0.370 e. The number of nitrogens with one attached hydrogen (secondary N) is 2. The standard InChI is InChI=1S/C14H13ClN4/c1-2-17-14-8-11(5-6-18-14)19-13-7-10(9-16)3-4-12(13)15/h3-8H,2H2,1H3,(H2,17,18,19). The van der Waals surface area contributed by atoms with Crippen LogP contribution in [-0.4, -0.2) is 11.5 Å². The molecule has 1 aromatic heterocycles. The lowest BCUT2D eigenvalue weighted by Gasteiger charge is -2.10. The topological polar surface area (TPSA) is 60.7 Å². The first kappa shape index (κ1) is 13.2. The molecule has 0 unspecified atom stereocenters. The monoisotopic (exact) mass is 272 g/mol. The molecule has 0 atom stereocenters. The highest BCUT2D eigenvalue weighted by molar-refractivity contribution is 6.33. The van der Waals surface area contributed by atoms with E-state index in [1.807, 2.05) is 19.1 Å². The van der Waals surface area contributed by atoms with Gasteiger partial charge in [0, 0.05) is 24.5 Å². The van der Waals surface area contributed by atoms with E-state index >= 15 is 0 Å². The Hall–Kier alpha value is -2.25. The summed E-state index contributed by atoms with van der Waals surface area (Å²) in [6, 6.07) is 10.9. The van der Waals surface area contributed by atoms with Gasteiger partial charge in [-0.3, -0.25) is 0 Å². The second kappa shape index (κ2) is 6.07. The Morgan fingerprint density at radius 2 is 2.16 bits per heavy atom. The van der Waals surface area contributed by atoms with Gasteiger partial charge in [-0.1, -0.05) is 11.6 Å². The van der Waals surface area contributed by atoms with Gasteiger partial charge in [-0.15, -0.1) is 0 Å². The van der Waals surface area contributed by atoms with Crippen LogP contribution in [0, 0.1) is 11.3 Å². The number of nitrogens with zero attached hydrogens (tertiary/aromatic N) is 2. The number of hydrogen-bond donors (Lipinski definition) is 2. The fourth-order valence-electron chi connectivity index (χ4n) is 1.63. The molecule has 0 fully saturated rings. The maximum Gasteiger partial charge on any atom is 0.127 e. The molecule has 5 heteroatoms. The molecule has 0 saturated carbocycles. The normalized spacial score (nSPS) is 9.74. The van der Waals surface area contributed by atoms with Gasteiger partial charge in [0.25, 0.3) is 0 Å². The lowest BCUT2D eigenvalue weighted by molar-refractivity contribution is 1.16. The van der Waals surface area contributed by atoms with Crippen LogP contribution >= 0.6 is 11.6 Å². The predicted octanol–water partition coefficient (Wildman–Crippen LogP) is 3.78. The molecule has 0 aliphatic carbocycles. The lowest BCUT2D eigenvalue weighted by Crippen LogP contribution is -2.00. The largest absolute Gasteiger partial charge is 0.370 e. The van der Waals surface area contributed by atoms with Crippen molar-refractivity contribution in [2.24, 2.45) is 0 Å². The van der Waals surface area contributed by atoms with Crippen molar-refractivity contribution in [3.05, 3.63) is 47.1 Å². The van der Waals surface area contributed by atoms with Crippen LogP contribution in [0.25, 0.3) is 0 Å². The third kappa shape index (κ3) is 3.36. The van der Waals surface area contributed by atoms with E-state index in [0.29, 0.717) is 16.3 Å². The zero-order chi connectivity index (χ0) is 13.7. The SMILES string of the molecule is CCNc1cc(Nc2cc(C#N)ccc2Cl)ccn1. The van der Waals surface area contributed by atoms with Crippen LogP contribution in [0.1, 0.15) is 12.5 Å². The molecule has 2 rings (SSSR count). The summed E-state index contributed by atoms with van der Waals surface area (Å²) in [6.45, 7) is 2.82. The van der Waals surface area contributed by atoms with Crippen LogP contribution in [0.2, 0.25) is 5.02 Å². The zero-order valence-corrected chi connectivity index (χ0v) is 11.2. The highest BCUT2D eigenvalue weighted by Gasteiger charge is 2.03. The van der Waals surface area contributed by atoms with Crippen LogP contribution in [0.4, 0.5) is 17.2 Å². The van der Waals surface area contributed by atoms with Gasteiger partial charge >= 0.3 is 0 Å². The van der Waals surface area contributed by atoms with E-state index in [0.717, 1.165) is 18.1 Å². The molecule has 0 saturated heterocycles. The third-order valence-corrected chi connectivity index (χ3v) is 2.82. The highest BCUT2D eigenvalue weighted by atomic mass is 35.5. The van der Waals surface area contributed by atoms with E-state index in [2.05, 4.69) is 21.7 Å². The van der Waals surface area contributed by atoms with Crippen molar-refractivity contribution < 1.29 is 0 Å². The van der Waals surface area contributed by atoms with Crippen molar-refractivity contribution in [3.8, 4) is 6.07 Å². The fraction of sp³-hybridized carbons (Fsp3) is 0.143. The second-order valence-electron chi connectivity index (χ2n) is 3.89. The smallest absolute Gasteiger partial charge is 0.127 e. The molecule has 96 valence electrons. The number of halogens is 1. The van der Waals surface area contributed by atoms with Crippen LogP contribution in [-0.2, 0) is 0 Å². The Morgan fingerprint density at radius 1 is 1.32 bits per heavy atom. The van der Waals surface area contributed by atoms with Crippen molar-refractivity contribution in [3.63, 3.8) is 0 Å². The molecule has 0 radical (unpaired) electrons. The first-order valence-electron chi connectivity index (χ1n) is 5.89. The van der Waals surface area contributed by atoms with E-state index in [4.69, 9.17) is 16.9 Å². The van der Waals surface area contributed by atoms with Gasteiger partial charge in [0.15, 0.2) is 0 Å². The van der Waals surface area contributed by atoms with Crippen LogP contribution < -0.4 is 10.6 Å². The highest BCUT2D eigenvalue weighted by Crippen LogP contribution is 2.27. The third-order valence-electron chi connectivity index (χ3n) is 2.49. The number of benzene rings is 1. The number of rotatable bonds is 4. The molecule has 2 aromatic rings. The summed E-state index contributed by atoms with van der Waals surface area (Å²) in [5, 5.41) is 15.8. The van der Waals surface area contributed by atoms with Gasteiger partial charge in [-0.25, -0.2) is 4.98 Å². The molecule has 4 nitrogen and oxygen atoms in total. The maximum atomic E-state index is 8.89.